The number of likely N-dealkylation sites (tertiary alicyclic amines) is 1. The lowest BCUT2D eigenvalue weighted by molar-refractivity contribution is -0.122. The van der Waals surface area contributed by atoms with E-state index in [1.165, 1.54) is 0 Å². The first-order valence-corrected chi connectivity index (χ1v) is 8.56. The fraction of sp³-hybridized carbons (Fsp3) is 0.474. The third-order valence-corrected chi connectivity index (χ3v) is 5.13. The number of methoxy groups -OCH3 is 1. The summed E-state index contributed by atoms with van der Waals surface area (Å²) in [7, 11) is 1.67. The van der Waals surface area contributed by atoms with Crippen LogP contribution in [0.2, 0.25) is 0 Å². The van der Waals surface area contributed by atoms with Crippen LogP contribution in [0.4, 0.5) is 0 Å². The van der Waals surface area contributed by atoms with E-state index in [0.717, 1.165) is 53.3 Å². The quantitative estimate of drug-likeness (QED) is 0.903. The molecule has 1 atom stereocenters. The molecule has 0 aliphatic carbocycles. The molecule has 2 heterocycles. The Bertz CT molecular complexity index is 797. The number of carbonyl (C=O) groups excluding carboxylic acids is 1. The number of benzene rings is 1. The summed E-state index contributed by atoms with van der Waals surface area (Å²) in [5.41, 5.74) is 9.48. The summed E-state index contributed by atoms with van der Waals surface area (Å²) in [6.45, 7) is 7.41. The molecule has 1 aliphatic rings. The van der Waals surface area contributed by atoms with Gasteiger partial charge in [-0.2, -0.15) is 0 Å². The van der Waals surface area contributed by atoms with E-state index in [4.69, 9.17) is 19.9 Å². The van der Waals surface area contributed by atoms with Gasteiger partial charge in [0.1, 0.15) is 11.5 Å². The van der Waals surface area contributed by atoms with Gasteiger partial charge >= 0.3 is 0 Å². The molecule has 1 fully saturated rings. The highest BCUT2D eigenvalue weighted by Gasteiger charge is 2.30. The molecule has 2 aromatic rings. The van der Waals surface area contributed by atoms with Crippen molar-refractivity contribution in [1.29, 1.82) is 0 Å². The number of primary amides is 1. The Labute approximate surface area is 148 Å². The van der Waals surface area contributed by atoms with E-state index in [2.05, 4.69) is 4.90 Å². The van der Waals surface area contributed by atoms with Crippen LogP contribution in [0.15, 0.2) is 16.5 Å². The predicted molar refractivity (Wildman–Crippen MR) is 95.3 cm³/mol. The molecule has 0 bridgehead atoms. The minimum absolute atomic E-state index is 0.204. The van der Waals surface area contributed by atoms with Crippen molar-refractivity contribution < 1.29 is 13.9 Å². The molecule has 2 N–H and O–H groups in total. The molecule has 6 heteroatoms. The second-order valence-electron chi connectivity index (χ2n) is 6.62. The lowest BCUT2D eigenvalue weighted by Crippen LogP contribution is -2.39. The number of ether oxygens (including phenoxy) is 1. The summed E-state index contributed by atoms with van der Waals surface area (Å²) in [6, 6.07) is 3.70. The smallest absolute Gasteiger partial charge is 0.234 e. The molecule has 1 saturated heterocycles. The fourth-order valence-corrected chi connectivity index (χ4v) is 3.47. The van der Waals surface area contributed by atoms with Crippen LogP contribution in [0.25, 0.3) is 11.5 Å². The third kappa shape index (κ3) is 3.26. The van der Waals surface area contributed by atoms with Crippen molar-refractivity contribution >= 4 is 5.91 Å². The van der Waals surface area contributed by atoms with Crippen molar-refractivity contribution in [3.63, 3.8) is 0 Å². The lowest BCUT2D eigenvalue weighted by Gasteiger charge is -2.20. The van der Waals surface area contributed by atoms with Crippen LogP contribution in [0.3, 0.4) is 0 Å². The van der Waals surface area contributed by atoms with E-state index >= 15 is 0 Å². The van der Waals surface area contributed by atoms with E-state index in [-0.39, 0.29) is 11.9 Å². The molecular formula is C19H25N3O3. The Balaban J connectivity index is 1.88. The molecule has 6 nitrogen and oxygen atoms in total. The van der Waals surface area contributed by atoms with Crippen LogP contribution in [-0.2, 0) is 11.3 Å². The normalized spacial score (nSPS) is 17.8. The molecule has 1 aromatic carbocycles. The largest absolute Gasteiger partial charge is 0.496 e. The molecular weight excluding hydrogens is 318 g/mol. The Morgan fingerprint density at radius 2 is 2.12 bits per heavy atom. The molecule has 0 radical (unpaired) electrons. The Kier molecular flexibility index (Phi) is 4.81. The Morgan fingerprint density at radius 1 is 1.36 bits per heavy atom. The first kappa shape index (κ1) is 17.5. The highest BCUT2D eigenvalue weighted by Crippen LogP contribution is 2.32. The highest BCUT2D eigenvalue weighted by molar-refractivity contribution is 5.80. The van der Waals surface area contributed by atoms with Gasteiger partial charge in [-0.3, -0.25) is 9.69 Å². The van der Waals surface area contributed by atoms with Crippen molar-refractivity contribution in [3.8, 4) is 17.2 Å². The van der Waals surface area contributed by atoms with Crippen LogP contribution in [-0.4, -0.2) is 35.5 Å². The molecule has 0 spiro atoms. The van der Waals surface area contributed by atoms with Gasteiger partial charge in [-0.15, -0.1) is 0 Å². The molecule has 1 aromatic heterocycles. The molecule has 134 valence electrons. The summed E-state index contributed by atoms with van der Waals surface area (Å²) in [6.07, 6.45) is 1.80. The van der Waals surface area contributed by atoms with Gasteiger partial charge in [0, 0.05) is 12.1 Å². The molecule has 1 unspecified atom stereocenters. The van der Waals surface area contributed by atoms with Crippen molar-refractivity contribution in [1.82, 2.24) is 9.88 Å². The number of rotatable bonds is 5. The Morgan fingerprint density at radius 3 is 2.80 bits per heavy atom. The number of oxazole rings is 1. The highest BCUT2D eigenvalue weighted by atomic mass is 16.5. The molecule has 25 heavy (non-hydrogen) atoms. The first-order chi connectivity index (χ1) is 11.9. The summed E-state index contributed by atoms with van der Waals surface area (Å²) in [5, 5.41) is 0. The van der Waals surface area contributed by atoms with Crippen LogP contribution in [0, 0.1) is 20.8 Å². The Hall–Kier alpha value is -2.34. The van der Waals surface area contributed by atoms with Gasteiger partial charge in [-0.05, 0) is 63.4 Å². The number of aromatic nitrogens is 1. The maximum atomic E-state index is 11.6. The van der Waals surface area contributed by atoms with Crippen LogP contribution >= 0.6 is 0 Å². The van der Waals surface area contributed by atoms with Gasteiger partial charge in [0.2, 0.25) is 11.8 Å². The van der Waals surface area contributed by atoms with Gasteiger partial charge in [0.05, 0.1) is 18.8 Å². The average molecular weight is 343 g/mol. The second-order valence-corrected chi connectivity index (χ2v) is 6.62. The van der Waals surface area contributed by atoms with Gasteiger partial charge in [-0.1, -0.05) is 0 Å². The van der Waals surface area contributed by atoms with Crippen molar-refractivity contribution in [3.05, 3.63) is 34.7 Å². The minimum atomic E-state index is -0.263. The van der Waals surface area contributed by atoms with Gasteiger partial charge in [0.15, 0.2) is 0 Å². The van der Waals surface area contributed by atoms with Crippen molar-refractivity contribution in [2.75, 3.05) is 13.7 Å². The van der Waals surface area contributed by atoms with E-state index in [1.807, 2.05) is 32.9 Å². The average Bonchev–Trinajstić information content (AvgIpc) is 3.18. The van der Waals surface area contributed by atoms with E-state index in [1.54, 1.807) is 7.11 Å². The van der Waals surface area contributed by atoms with Gasteiger partial charge in [0.25, 0.3) is 0 Å². The summed E-state index contributed by atoms with van der Waals surface area (Å²) in [5.74, 6) is 1.97. The zero-order valence-electron chi connectivity index (χ0n) is 15.3. The number of amides is 1. The zero-order chi connectivity index (χ0) is 18.1. The van der Waals surface area contributed by atoms with Gasteiger partial charge < -0.3 is 14.9 Å². The van der Waals surface area contributed by atoms with E-state index < -0.39 is 0 Å². The molecule has 3 rings (SSSR count). The number of nitrogens with zero attached hydrogens (tertiary/aromatic N) is 2. The van der Waals surface area contributed by atoms with E-state index in [9.17, 15) is 4.79 Å². The van der Waals surface area contributed by atoms with Crippen molar-refractivity contribution in [2.24, 2.45) is 5.73 Å². The summed E-state index contributed by atoms with van der Waals surface area (Å²) in [4.78, 5) is 18.4. The van der Waals surface area contributed by atoms with Crippen LogP contribution in [0.1, 0.15) is 35.4 Å². The minimum Gasteiger partial charge on any atom is -0.496 e. The monoisotopic (exact) mass is 343 g/mol. The maximum absolute atomic E-state index is 11.6. The second kappa shape index (κ2) is 6.88. The number of aryl methyl sites for hydroxylation is 1. The molecule has 1 amide bonds. The third-order valence-electron chi connectivity index (χ3n) is 5.13. The standard InChI is InChI=1S/C19H25N3O3/c1-11-12(2)17(24-4)8-7-14(11)19-21-15(13(3)25-19)10-22-9-5-6-16(22)18(20)23/h7-8,16H,5-6,9-10H2,1-4H3,(H2,20,23). The van der Waals surface area contributed by atoms with Gasteiger partial charge in [-0.25, -0.2) is 4.98 Å². The summed E-state index contributed by atoms with van der Waals surface area (Å²) < 4.78 is 11.3. The van der Waals surface area contributed by atoms with E-state index in [0.29, 0.717) is 12.4 Å². The topological polar surface area (TPSA) is 81.6 Å². The van der Waals surface area contributed by atoms with Crippen LogP contribution in [0.5, 0.6) is 5.75 Å². The zero-order valence-corrected chi connectivity index (χ0v) is 15.3. The number of nitrogens with two attached hydrogens (primary N) is 1. The number of hydrogen-bond donors (Lipinski definition) is 1. The molecule has 1 aliphatic heterocycles. The van der Waals surface area contributed by atoms with Crippen molar-refractivity contribution in [2.45, 2.75) is 46.2 Å². The first-order valence-electron chi connectivity index (χ1n) is 8.56. The molecule has 0 saturated carbocycles. The number of hydrogen-bond acceptors (Lipinski definition) is 5. The fourth-order valence-electron chi connectivity index (χ4n) is 3.47. The maximum Gasteiger partial charge on any atom is 0.234 e. The lowest BCUT2D eigenvalue weighted by atomic mass is 10.0. The predicted octanol–water partition coefficient (Wildman–Crippen LogP) is 2.73. The van der Waals surface area contributed by atoms with Crippen LogP contribution < -0.4 is 10.5 Å². The SMILES string of the molecule is COc1ccc(-c2nc(CN3CCCC3C(N)=O)c(C)o2)c(C)c1C. The number of carbonyl (C=O) groups is 1. The summed E-state index contributed by atoms with van der Waals surface area (Å²) >= 11 is 0.